The Hall–Kier alpha value is -4.18. The molecule has 0 aliphatic carbocycles. The quantitative estimate of drug-likeness (QED) is 0.600. The van der Waals surface area contributed by atoms with Crippen LogP contribution in [0.1, 0.15) is 31.1 Å². The van der Waals surface area contributed by atoms with E-state index in [1.165, 1.54) is 48.5 Å². The second-order valence-corrected chi connectivity index (χ2v) is 8.97. The molecule has 0 fully saturated rings. The highest BCUT2D eigenvalue weighted by Gasteiger charge is 2.38. The van der Waals surface area contributed by atoms with Gasteiger partial charge in [-0.1, -0.05) is 0 Å². The number of aromatic carboxylic acids is 1. The number of anilines is 1. The van der Waals surface area contributed by atoms with Gasteiger partial charge in [-0.05, 0) is 54.6 Å². The molecule has 160 valence electrons. The summed E-state index contributed by atoms with van der Waals surface area (Å²) in [7, 11) is -4.05. The first kappa shape index (κ1) is 19.8. The van der Waals surface area contributed by atoms with Gasteiger partial charge in [0.05, 0.1) is 32.2 Å². The Kier molecular flexibility index (Phi) is 4.28. The van der Waals surface area contributed by atoms with E-state index in [9.17, 15) is 22.8 Å². The van der Waals surface area contributed by atoms with E-state index in [1.807, 2.05) is 0 Å². The number of nitrogens with zero attached hydrogens (tertiary/aromatic N) is 1. The van der Waals surface area contributed by atoms with Gasteiger partial charge in [0.15, 0.2) is 11.5 Å². The molecule has 3 aromatic rings. The van der Waals surface area contributed by atoms with Gasteiger partial charge in [-0.3, -0.25) is 9.59 Å². The largest absolute Gasteiger partial charge is 0.478 e. The van der Waals surface area contributed by atoms with Crippen LogP contribution in [0.3, 0.4) is 0 Å². The van der Waals surface area contributed by atoms with E-state index >= 15 is 0 Å². The number of carbonyl (C=O) groups is 3. The van der Waals surface area contributed by atoms with Gasteiger partial charge in [-0.2, -0.15) is 0 Å². The third kappa shape index (κ3) is 2.92. The molecular formula is C22H13NO8S. The molecule has 9 nitrogen and oxygen atoms in total. The Labute approximate surface area is 181 Å². The lowest BCUT2D eigenvalue weighted by molar-refractivity contribution is 0.0696. The zero-order chi connectivity index (χ0) is 22.6. The molecule has 1 N–H and O–H groups in total. The molecule has 0 saturated heterocycles. The van der Waals surface area contributed by atoms with Gasteiger partial charge in [-0.25, -0.2) is 18.1 Å². The van der Waals surface area contributed by atoms with Crippen molar-refractivity contribution in [1.82, 2.24) is 0 Å². The number of ether oxygens (including phenoxy) is 2. The lowest BCUT2D eigenvalue weighted by Gasteiger charge is -2.14. The Morgan fingerprint density at radius 3 is 2.19 bits per heavy atom. The summed E-state index contributed by atoms with van der Waals surface area (Å²) in [5.74, 6) is -1.54. The van der Waals surface area contributed by atoms with Crippen LogP contribution < -0.4 is 14.4 Å². The summed E-state index contributed by atoms with van der Waals surface area (Å²) >= 11 is 0. The number of fused-ring (bicyclic) bond motifs is 2. The van der Waals surface area contributed by atoms with Crippen molar-refractivity contribution >= 4 is 33.3 Å². The second kappa shape index (κ2) is 6.92. The van der Waals surface area contributed by atoms with E-state index in [4.69, 9.17) is 14.6 Å². The van der Waals surface area contributed by atoms with Crippen LogP contribution in [0.15, 0.2) is 70.5 Å². The molecule has 0 saturated carbocycles. The Morgan fingerprint density at radius 1 is 0.812 bits per heavy atom. The topological polar surface area (TPSA) is 127 Å². The van der Waals surface area contributed by atoms with E-state index < -0.39 is 27.6 Å². The standard InChI is InChI=1S/C22H13NO8S/c24-20-16-7-6-15(32(28,29)14-4-1-12(2-5-14)22(26)27)10-17(16)21(25)23(20)13-3-8-18-19(9-13)31-11-30-18/h1-10H,11H2,(H,26,27). The van der Waals surface area contributed by atoms with Crippen LogP contribution in [0.4, 0.5) is 5.69 Å². The molecule has 2 aliphatic heterocycles. The van der Waals surface area contributed by atoms with Crippen molar-refractivity contribution in [1.29, 1.82) is 0 Å². The summed E-state index contributed by atoms with van der Waals surface area (Å²) in [6, 6.07) is 13.0. The van der Waals surface area contributed by atoms with Gasteiger partial charge >= 0.3 is 5.97 Å². The Morgan fingerprint density at radius 2 is 1.47 bits per heavy atom. The van der Waals surface area contributed by atoms with Crippen molar-refractivity contribution < 1.29 is 37.4 Å². The van der Waals surface area contributed by atoms with Crippen LogP contribution in [0.2, 0.25) is 0 Å². The molecule has 32 heavy (non-hydrogen) atoms. The molecule has 10 heteroatoms. The zero-order valence-corrected chi connectivity index (χ0v) is 17.0. The van der Waals surface area contributed by atoms with Crippen molar-refractivity contribution in [3.8, 4) is 11.5 Å². The smallest absolute Gasteiger partial charge is 0.335 e. The molecule has 2 heterocycles. The van der Waals surface area contributed by atoms with Gasteiger partial charge in [-0.15, -0.1) is 0 Å². The van der Waals surface area contributed by atoms with E-state index in [0.717, 1.165) is 11.0 Å². The molecule has 0 atom stereocenters. The molecule has 0 bridgehead atoms. The zero-order valence-electron chi connectivity index (χ0n) is 16.1. The normalized spacial score (nSPS) is 14.6. The first-order valence-corrected chi connectivity index (χ1v) is 10.8. The summed E-state index contributed by atoms with van der Waals surface area (Å²) < 4.78 is 36.5. The molecule has 0 unspecified atom stereocenters. The third-order valence-electron chi connectivity index (χ3n) is 5.19. The molecule has 3 aromatic carbocycles. The van der Waals surface area contributed by atoms with E-state index in [2.05, 4.69) is 0 Å². The van der Waals surface area contributed by atoms with E-state index in [0.29, 0.717) is 11.5 Å². The first-order valence-electron chi connectivity index (χ1n) is 9.28. The summed E-state index contributed by atoms with van der Waals surface area (Å²) in [6.07, 6.45) is 0. The maximum absolute atomic E-state index is 13.0. The van der Waals surface area contributed by atoms with Gasteiger partial charge < -0.3 is 14.6 Å². The third-order valence-corrected chi connectivity index (χ3v) is 6.96. The average Bonchev–Trinajstić information content (AvgIpc) is 3.35. The van der Waals surface area contributed by atoms with E-state index in [1.54, 1.807) is 6.07 Å². The number of rotatable bonds is 4. The molecule has 2 aliphatic rings. The SMILES string of the molecule is O=C(O)c1ccc(S(=O)(=O)c2ccc3c(c2)C(=O)N(c2ccc4c(c2)OCO4)C3=O)cc1. The van der Waals surface area contributed by atoms with Gasteiger partial charge in [0, 0.05) is 6.07 Å². The van der Waals surface area contributed by atoms with Crippen molar-refractivity contribution in [3.05, 3.63) is 77.4 Å². The minimum atomic E-state index is -4.05. The van der Waals surface area contributed by atoms with Crippen LogP contribution in [-0.2, 0) is 9.84 Å². The number of carbonyl (C=O) groups excluding carboxylic acids is 2. The van der Waals surface area contributed by atoms with E-state index in [-0.39, 0.29) is 39.0 Å². The molecular weight excluding hydrogens is 438 g/mol. The number of imide groups is 1. The maximum Gasteiger partial charge on any atom is 0.335 e. The van der Waals surface area contributed by atoms with Crippen LogP contribution in [0.25, 0.3) is 0 Å². The minimum Gasteiger partial charge on any atom is -0.478 e. The van der Waals surface area contributed by atoms with Crippen molar-refractivity contribution in [2.24, 2.45) is 0 Å². The highest BCUT2D eigenvalue weighted by atomic mass is 32.2. The monoisotopic (exact) mass is 451 g/mol. The number of carboxylic acids is 1. The van der Waals surface area contributed by atoms with Crippen LogP contribution >= 0.6 is 0 Å². The van der Waals surface area contributed by atoms with Crippen molar-refractivity contribution in [2.45, 2.75) is 9.79 Å². The molecule has 0 radical (unpaired) electrons. The number of hydrogen-bond donors (Lipinski definition) is 1. The fraction of sp³-hybridized carbons (Fsp3) is 0.0455. The van der Waals surface area contributed by atoms with Crippen molar-refractivity contribution in [3.63, 3.8) is 0 Å². The first-order chi connectivity index (χ1) is 15.3. The summed E-state index contributed by atoms with van der Waals surface area (Å²) in [5, 5.41) is 8.99. The van der Waals surface area contributed by atoms with Crippen LogP contribution in [-0.4, -0.2) is 38.1 Å². The summed E-state index contributed by atoms with van der Waals surface area (Å²) in [4.78, 5) is 37.5. The predicted octanol–water partition coefficient (Wildman–Crippen LogP) is 2.75. The van der Waals surface area contributed by atoms with Crippen LogP contribution in [0.5, 0.6) is 11.5 Å². The number of sulfone groups is 1. The van der Waals surface area contributed by atoms with Crippen LogP contribution in [0, 0.1) is 0 Å². The summed E-state index contributed by atoms with van der Waals surface area (Å²) in [6.45, 7) is 0.0373. The number of benzene rings is 3. The predicted molar refractivity (Wildman–Crippen MR) is 109 cm³/mol. The molecule has 2 amide bonds. The summed E-state index contributed by atoms with van der Waals surface area (Å²) in [5.41, 5.74) is 0.246. The van der Waals surface area contributed by atoms with Gasteiger partial charge in [0.1, 0.15) is 0 Å². The Balaban J connectivity index is 1.52. The molecule has 0 aromatic heterocycles. The highest BCUT2D eigenvalue weighted by Crippen LogP contribution is 2.38. The van der Waals surface area contributed by atoms with Crippen molar-refractivity contribution in [2.75, 3.05) is 11.7 Å². The van der Waals surface area contributed by atoms with Gasteiger partial charge in [0.2, 0.25) is 16.6 Å². The molecule has 0 spiro atoms. The number of hydrogen-bond acceptors (Lipinski definition) is 7. The molecule has 5 rings (SSSR count). The number of carboxylic acid groups (broad SMARTS) is 1. The highest BCUT2D eigenvalue weighted by molar-refractivity contribution is 7.91. The lowest BCUT2D eigenvalue weighted by atomic mass is 10.1. The fourth-order valence-electron chi connectivity index (χ4n) is 3.56. The van der Waals surface area contributed by atoms with Gasteiger partial charge in [0.25, 0.3) is 11.8 Å². The fourth-order valence-corrected chi connectivity index (χ4v) is 4.85. The minimum absolute atomic E-state index is 0.0373. The lowest BCUT2D eigenvalue weighted by Crippen LogP contribution is -2.29. The maximum atomic E-state index is 13.0. The average molecular weight is 451 g/mol. The Bertz CT molecular complexity index is 1430. The number of amides is 2. The second-order valence-electron chi connectivity index (χ2n) is 7.02.